The van der Waals surface area contributed by atoms with Crippen LogP contribution >= 0.6 is 11.8 Å². The molecule has 1 aromatic rings. The van der Waals surface area contributed by atoms with Crippen LogP contribution in [0.4, 0.5) is 5.69 Å². The molecule has 0 saturated carbocycles. The molecular weight excluding hydrogens is 272 g/mol. The van der Waals surface area contributed by atoms with Crippen LogP contribution in [0.2, 0.25) is 0 Å². The van der Waals surface area contributed by atoms with E-state index in [0.717, 1.165) is 22.4 Å². The van der Waals surface area contributed by atoms with E-state index in [0.29, 0.717) is 12.3 Å². The standard InChI is InChI=1S/C15H20N2O2S/c1-9-6-10(2)14(11(3)7-9)17-13(18)8-12(15(17)19)20-5-4-16/h6-7,12H,4-5,8,16H2,1-3H3. The third kappa shape index (κ3) is 2.74. The van der Waals surface area contributed by atoms with Crippen molar-refractivity contribution in [3.05, 3.63) is 28.8 Å². The average Bonchev–Trinajstić information content (AvgIpc) is 2.63. The van der Waals surface area contributed by atoms with Crippen LogP contribution in [-0.4, -0.2) is 29.4 Å². The van der Waals surface area contributed by atoms with Crippen molar-refractivity contribution in [2.75, 3.05) is 17.2 Å². The second kappa shape index (κ2) is 5.97. The molecule has 5 heteroatoms. The highest BCUT2D eigenvalue weighted by Gasteiger charge is 2.40. The molecule has 1 aromatic carbocycles. The van der Waals surface area contributed by atoms with Gasteiger partial charge in [-0.05, 0) is 31.9 Å². The number of carbonyl (C=O) groups excluding carboxylic acids is 2. The van der Waals surface area contributed by atoms with E-state index in [1.54, 1.807) is 0 Å². The summed E-state index contributed by atoms with van der Waals surface area (Å²) in [6, 6.07) is 4.01. The number of thioether (sulfide) groups is 1. The summed E-state index contributed by atoms with van der Waals surface area (Å²) < 4.78 is 0. The minimum Gasteiger partial charge on any atom is -0.330 e. The fourth-order valence-corrected chi connectivity index (χ4v) is 3.63. The summed E-state index contributed by atoms with van der Waals surface area (Å²) in [6.45, 7) is 6.41. The van der Waals surface area contributed by atoms with Gasteiger partial charge in [0.2, 0.25) is 11.8 Å². The molecular formula is C15H20N2O2S. The molecule has 2 rings (SSSR count). The first-order valence-electron chi connectivity index (χ1n) is 6.72. The van der Waals surface area contributed by atoms with E-state index in [1.165, 1.54) is 16.7 Å². The van der Waals surface area contributed by atoms with Crippen molar-refractivity contribution in [3.8, 4) is 0 Å². The molecule has 1 heterocycles. The lowest BCUT2D eigenvalue weighted by molar-refractivity contribution is -0.121. The molecule has 0 aliphatic carbocycles. The van der Waals surface area contributed by atoms with Gasteiger partial charge in [-0.3, -0.25) is 9.59 Å². The molecule has 20 heavy (non-hydrogen) atoms. The van der Waals surface area contributed by atoms with Crippen LogP contribution in [0.1, 0.15) is 23.1 Å². The van der Waals surface area contributed by atoms with Crippen molar-refractivity contribution in [1.82, 2.24) is 0 Å². The lowest BCUT2D eigenvalue weighted by Crippen LogP contribution is -2.32. The Morgan fingerprint density at radius 1 is 1.25 bits per heavy atom. The van der Waals surface area contributed by atoms with Gasteiger partial charge in [0.15, 0.2) is 0 Å². The number of carbonyl (C=O) groups is 2. The number of nitrogens with two attached hydrogens (primary N) is 1. The highest BCUT2D eigenvalue weighted by molar-refractivity contribution is 8.00. The van der Waals surface area contributed by atoms with Crippen LogP contribution in [0.5, 0.6) is 0 Å². The topological polar surface area (TPSA) is 63.4 Å². The van der Waals surface area contributed by atoms with Crippen LogP contribution < -0.4 is 10.6 Å². The minimum absolute atomic E-state index is 0.108. The van der Waals surface area contributed by atoms with Crippen LogP contribution in [0, 0.1) is 20.8 Å². The Labute approximate surface area is 123 Å². The highest BCUT2D eigenvalue weighted by Crippen LogP contribution is 2.34. The monoisotopic (exact) mass is 292 g/mol. The second-order valence-corrected chi connectivity index (χ2v) is 6.48. The number of benzene rings is 1. The molecule has 0 radical (unpaired) electrons. The number of imide groups is 1. The van der Waals surface area contributed by atoms with E-state index in [4.69, 9.17) is 5.73 Å². The fraction of sp³-hybridized carbons (Fsp3) is 0.467. The lowest BCUT2D eigenvalue weighted by Gasteiger charge is -2.20. The summed E-state index contributed by atoms with van der Waals surface area (Å²) >= 11 is 1.47. The summed E-state index contributed by atoms with van der Waals surface area (Å²) in [5.74, 6) is 0.478. The van der Waals surface area contributed by atoms with E-state index in [1.807, 2.05) is 32.9 Å². The van der Waals surface area contributed by atoms with Gasteiger partial charge in [0.05, 0.1) is 10.9 Å². The van der Waals surface area contributed by atoms with Gasteiger partial charge in [-0.1, -0.05) is 17.7 Å². The Hall–Kier alpha value is -1.33. The number of anilines is 1. The molecule has 1 aliphatic rings. The van der Waals surface area contributed by atoms with Crippen molar-refractivity contribution < 1.29 is 9.59 Å². The van der Waals surface area contributed by atoms with Crippen LogP contribution in [0.3, 0.4) is 0 Å². The Kier molecular flexibility index (Phi) is 4.50. The van der Waals surface area contributed by atoms with Crippen molar-refractivity contribution in [2.24, 2.45) is 5.73 Å². The molecule has 4 nitrogen and oxygen atoms in total. The number of rotatable bonds is 4. The largest absolute Gasteiger partial charge is 0.330 e. The molecule has 1 atom stereocenters. The first-order valence-corrected chi connectivity index (χ1v) is 7.77. The van der Waals surface area contributed by atoms with Crippen molar-refractivity contribution in [3.63, 3.8) is 0 Å². The maximum absolute atomic E-state index is 12.5. The fourth-order valence-electron chi connectivity index (χ4n) is 2.70. The zero-order chi connectivity index (χ0) is 14.9. The smallest absolute Gasteiger partial charge is 0.247 e. The molecule has 1 aliphatic heterocycles. The van der Waals surface area contributed by atoms with E-state index < -0.39 is 0 Å². The average molecular weight is 292 g/mol. The van der Waals surface area contributed by atoms with Gasteiger partial charge >= 0.3 is 0 Å². The normalized spacial score (nSPS) is 19.0. The van der Waals surface area contributed by atoms with E-state index in [-0.39, 0.29) is 23.5 Å². The molecule has 108 valence electrons. The Balaban J connectivity index is 2.34. The molecule has 0 spiro atoms. The zero-order valence-electron chi connectivity index (χ0n) is 12.1. The summed E-state index contributed by atoms with van der Waals surface area (Å²) in [4.78, 5) is 26.0. The van der Waals surface area contributed by atoms with Gasteiger partial charge in [-0.2, -0.15) is 0 Å². The number of aryl methyl sites for hydroxylation is 3. The molecule has 1 saturated heterocycles. The maximum atomic E-state index is 12.5. The van der Waals surface area contributed by atoms with Gasteiger partial charge in [0, 0.05) is 18.7 Å². The number of hydrogen-bond donors (Lipinski definition) is 1. The second-order valence-electron chi connectivity index (χ2n) is 5.17. The van der Waals surface area contributed by atoms with E-state index in [9.17, 15) is 9.59 Å². The third-order valence-corrected chi connectivity index (χ3v) is 4.64. The summed E-state index contributed by atoms with van der Waals surface area (Å²) in [5, 5.41) is -0.286. The van der Waals surface area contributed by atoms with Crippen molar-refractivity contribution in [2.45, 2.75) is 32.4 Å². The van der Waals surface area contributed by atoms with Gasteiger partial charge in [-0.15, -0.1) is 11.8 Å². The van der Waals surface area contributed by atoms with Gasteiger partial charge < -0.3 is 5.73 Å². The summed E-state index contributed by atoms with van der Waals surface area (Å²) in [7, 11) is 0. The van der Waals surface area contributed by atoms with Crippen LogP contribution in [0.15, 0.2) is 12.1 Å². The number of nitrogens with zero attached hydrogens (tertiary/aromatic N) is 1. The SMILES string of the molecule is Cc1cc(C)c(N2C(=O)CC(SCCN)C2=O)c(C)c1. The van der Waals surface area contributed by atoms with Crippen LogP contribution in [-0.2, 0) is 9.59 Å². The molecule has 1 fully saturated rings. The summed E-state index contributed by atoms with van der Waals surface area (Å²) in [6.07, 6.45) is 0.274. The minimum atomic E-state index is -0.286. The number of amides is 2. The molecule has 0 aromatic heterocycles. The molecule has 2 amide bonds. The highest BCUT2D eigenvalue weighted by atomic mass is 32.2. The first-order chi connectivity index (χ1) is 9.45. The predicted molar refractivity (Wildman–Crippen MR) is 83.1 cm³/mol. The first kappa shape index (κ1) is 15.1. The predicted octanol–water partition coefficient (Wildman–Crippen LogP) is 1.94. The third-order valence-electron chi connectivity index (χ3n) is 3.40. The quantitative estimate of drug-likeness (QED) is 0.861. The molecule has 2 N–H and O–H groups in total. The maximum Gasteiger partial charge on any atom is 0.247 e. The van der Waals surface area contributed by atoms with E-state index >= 15 is 0 Å². The number of hydrogen-bond acceptors (Lipinski definition) is 4. The van der Waals surface area contributed by atoms with Gasteiger partial charge in [-0.25, -0.2) is 4.90 Å². The lowest BCUT2D eigenvalue weighted by atomic mass is 10.0. The van der Waals surface area contributed by atoms with Crippen molar-refractivity contribution >= 4 is 29.3 Å². The Morgan fingerprint density at radius 3 is 2.40 bits per heavy atom. The van der Waals surface area contributed by atoms with Crippen LogP contribution in [0.25, 0.3) is 0 Å². The van der Waals surface area contributed by atoms with E-state index in [2.05, 4.69) is 0 Å². The van der Waals surface area contributed by atoms with Crippen molar-refractivity contribution in [1.29, 1.82) is 0 Å². The summed E-state index contributed by atoms with van der Waals surface area (Å²) in [5.41, 5.74) is 9.29. The van der Waals surface area contributed by atoms with Gasteiger partial charge in [0.25, 0.3) is 0 Å². The van der Waals surface area contributed by atoms with Gasteiger partial charge in [0.1, 0.15) is 0 Å². The molecule has 0 bridgehead atoms. The Morgan fingerprint density at radius 2 is 1.85 bits per heavy atom. The Bertz CT molecular complexity index is 534. The molecule has 1 unspecified atom stereocenters. The zero-order valence-corrected chi connectivity index (χ0v) is 12.9.